The number of H-pyrrole nitrogens is 1. The van der Waals surface area contributed by atoms with Crippen molar-refractivity contribution >= 4 is 6.03 Å². The number of aromatic nitrogens is 2. The molecule has 3 rings (SSSR count). The number of hydrogen-bond acceptors (Lipinski definition) is 3. The number of likely N-dealkylation sites (tertiary alicyclic amines) is 1. The molecule has 1 aromatic rings. The zero-order valence-corrected chi connectivity index (χ0v) is 12.0. The van der Waals surface area contributed by atoms with E-state index >= 15 is 0 Å². The summed E-state index contributed by atoms with van der Waals surface area (Å²) in [5.74, 6) is 0. The van der Waals surface area contributed by atoms with Crippen LogP contribution in [-0.2, 0) is 13.0 Å². The number of urea groups is 1. The fraction of sp³-hybridized carbons (Fsp3) is 0.714. The number of nitrogens with one attached hydrogen (secondary N) is 2. The van der Waals surface area contributed by atoms with E-state index in [0.29, 0.717) is 13.1 Å². The number of nitrogens with zero attached hydrogens (tertiary/aromatic N) is 2. The van der Waals surface area contributed by atoms with E-state index < -0.39 is 0 Å². The lowest BCUT2D eigenvalue weighted by Crippen LogP contribution is -2.45. The highest BCUT2D eigenvalue weighted by molar-refractivity contribution is 5.74. The zero-order valence-electron chi connectivity index (χ0n) is 12.0. The van der Waals surface area contributed by atoms with Crippen LogP contribution < -0.4 is 11.1 Å². The van der Waals surface area contributed by atoms with Gasteiger partial charge in [-0.15, -0.1) is 0 Å². The minimum atomic E-state index is -0.0168. The predicted molar refractivity (Wildman–Crippen MR) is 76.0 cm³/mol. The SMILES string of the molecule is CCc1cc(CNC(=O)N2CC(N)C3(CCC3)C2)[nH]n1. The van der Waals surface area contributed by atoms with Gasteiger partial charge in [0, 0.05) is 24.5 Å². The van der Waals surface area contributed by atoms with Crippen molar-refractivity contribution in [1.82, 2.24) is 20.4 Å². The van der Waals surface area contributed by atoms with Crippen LogP contribution in [-0.4, -0.2) is 40.3 Å². The standard InChI is InChI=1S/C14H23N5O/c1-2-10-6-11(18-17-10)7-16-13(20)19-8-12(15)14(9-19)4-3-5-14/h6,12H,2-5,7-9,15H2,1H3,(H,16,20)(H,17,18). The fourth-order valence-corrected chi connectivity index (χ4v) is 3.27. The Bertz CT molecular complexity index is 494. The summed E-state index contributed by atoms with van der Waals surface area (Å²) in [6.07, 6.45) is 4.47. The minimum absolute atomic E-state index is 0.0168. The molecular weight excluding hydrogens is 254 g/mol. The summed E-state index contributed by atoms with van der Waals surface area (Å²) in [7, 11) is 0. The van der Waals surface area contributed by atoms with Gasteiger partial charge < -0.3 is 16.0 Å². The van der Waals surface area contributed by atoms with Crippen LogP contribution in [0.1, 0.15) is 37.6 Å². The first-order valence-corrected chi connectivity index (χ1v) is 7.44. The molecule has 110 valence electrons. The molecule has 2 fully saturated rings. The van der Waals surface area contributed by atoms with Crippen LogP contribution in [0.3, 0.4) is 0 Å². The normalized spacial score (nSPS) is 23.9. The molecule has 0 aromatic carbocycles. The molecule has 1 aliphatic heterocycles. The molecule has 1 atom stereocenters. The highest BCUT2D eigenvalue weighted by Gasteiger charge is 2.49. The summed E-state index contributed by atoms with van der Waals surface area (Å²) < 4.78 is 0. The third kappa shape index (κ3) is 2.28. The topological polar surface area (TPSA) is 87.0 Å². The summed E-state index contributed by atoms with van der Waals surface area (Å²) in [5, 5.41) is 10.0. The second-order valence-electron chi connectivity index (χ2n) is 6.10. The first-order valence-electron chi connectivity index (χ1n) is 7.44. The van der Waals surface area contributed by atoms with Gasteiger partial charge in [-0.3, -0.25) is 5.10 Å². The first-order chi connectivity index (χ1) is 9.63. The highest BCUT2D eigenvalue weighted by Crippen LogP contribution is 2.47. The number of aromatic amines is 1. The second-order valence-corrected chi connectivity index (χ2v) is 6.10. The van der Waals surface area contributed by atoms with Crippen molar-refractivity contribution in [2.75, 3.05) is 13.1 Å². The van der Waals surface area contributed by atoms with E-state index in [0.717, 1.165) is 24.4 Å². The molecule has 1 spiro atoms. The number of rotatable bonds is 3. The molecule has 6 nitrogen and oxygen atoms in total. The number of aryl methyl sites for hydroxylation is 1. The molecule has 1 aliphatic carbocycles. The molecule has 20 heavy (non-hydrogen) atoms. The van der Waals surface area contributed by atoms with Crippen LogP contribution in [0.5, 0.6) is 0 Å². The maximum atomic E-state index is 12.2. The number of amides is 2. The third-order valence-corrected chi connectivity index (χ3v) is 4.82. The summed E-state index contributed by atoms with van der Waals surface area (Å²) in [4.78, 5) is 14.1. The van der Waals surface area contributed by atoms with Crippen molar-refractivity contribution in [3.8, 4) is 0 Å². The molecule has 1 aromatic heterocycles. The first kappa shape index (κ1) is 13.4. The van der Waals surface area contributed by atoms with Gasteiger partial charge in [0.25, 0.3) is 0 Å². The Hall–Kier alpha value is -1.56. The minimum Gasteiger partial charge on any atom is -0.332 e. The van der Waals surface area contributed by atoms with Crippen LogP contribution in [0.2, 0.25) is 0 Å². The van der Waals surface area contributed by atoms with Gasteiger partial charge in [-0.1, -0.05) is 13.3 Å². The lowest BCUT2D eigenvalue weighted by molar-refractivity contribution is 0.125. The van der Waals surface area contributed by atoms with E-state index in [4.69, 9.17) is 5.73 Å². The Morgan fingerprint density at radius 1 is 1.65 bits per heavy atom. The van der Waals surface area contributed by atoms with Gasteiger partial charge in [0.2, 0.25) is 0 Å². The molecule has 2 aliphatic rings. The van der Waals surface area contributed by atoms with Crippen molar-refractivity contribution in [2.24, 2.45) is 11.1 Å². The Balaban J connectivity index is 1.52. The molecule has 2 heterocycles. The summed E-state index contributed by atoms with van der Waals surface area (Å²) in [5.41, 5.74) is 8.36. The van der Waals surface area contributed by atoms with E-state index in [1.54, 1.807) is 0 Å². The molecule has 1 saturated carbocycles. The van der Waals surface area contributed by atoms with E-state index in [9.17, 15) is 4.79 Å². The van der Waals surface area contributed by atoms with Gasteiger partial charge in [0.15, 0.2) is 0 Å². The fourth-order valence-electron chi connectivity index (χ4n) is 3.27. The maximum Gasteiger partial charge on any atom is 0.317 e. The molecule has 4 N–H and O–H groups in total. The van der Waals surface area contributed by atoms with E-state index in [1.807, 2.05) is 11.0 Å². The average molecular weight is 277 g/mol. The van der Waals surface area contributed by atoms with Gasteiger partial charge >= 0.3 is 6.03 Å². The van der Waals surface area contributed by atoms with Crippen LogP contribution in [0.4, 0.5) is 4.79 Å². The number of carbonyl (C=O) groups excluding carboxylic acids is 1. The van der Waals surface area contributed by atoms with Crippen LogP contribution in [0.15, 0.2) is 6.07 Å². The van der Waals surface area contributed by atoms with Crippen LogP contribution in [0, 0.1) is 5.41 Å². The maximum absolute atomic E-state index is 12.2. The molecule has 0 bridgehead atoms. The third-order valence-electron chi connectivity index (χ3n) is 4.82. The molecule has 0 radical (unpaired) electrons. The van der Waals surface area contributed by atoms with E-state index in [1.165, 1.54) is 19.3 Å². The largest absolute Gasteiger partial charge is 0.332 e. The Morgan fingerprint density at radius 2 is 2.45 bits per heavy atom. The summed E-state index contributed by atoms with van der Waals surface area (Å²) >= 11 is 0. The summed E-state index contributed by atoms with van der Waals surface area (Å²) in [6, 6.07) is 2.11. The average Bonchev–Trinajstić information content (AvgIpc) is 2.99. The van der Waals surface area contributed by atoms with Crippen LogP contribution in [0.25, 0.3) is 0 Å². The summed E-state index contributed by atoms with van der Waals surface area (Å²) in [6.45, 7) is 4.03. The van der Waals surface area contributed by atoms with Crippen molar-refractivity contribution in [3.63, 3.8) is 0 Å². The molecule has 2 amide bonds. The van der Waals surface area contributed by atoms with E-state index in [2.05, 4.69) is 22.4 Å². The molecular formula is C14H23N5O. The quantitative estimate of drug-likeness (QED) is 0.770. The van der Waals surface area contributed by atoms with Crippen molar-refractivity contribution in [1.29, 1.82) is 0 Å². The molecule has 1 unspecified atom stereocenters. The number of nitrogens with two attached hydrogens (primary N) is 1. The lowest BCUT2D eigenvalue weighted by Gasteiger charge is -2.41. The Labute approximate surface area is 119 Å². The number of carbonyl (C=O) groups is 1. The second kappa shape index (κ2) is 5.09. The monoisotopic (exact) mass is 277 g/mol. The van der Waals surface area contributed by atoms with Crippen LogP contribution >= 0.6 is 0 Å². The van der Waals surface area contributed by atoms with Crippen molar-refractivity contribution in [3.05, 3.63) is 17.5 Å². The molecule has 6 heteroatoms. The number of hydrogen-bond donors (Lipinski definition) is 3. The smallest absolute Gasteiger partial charge is 0.317 e. The van der Waals surface area contributed by atoms with Crippen molar-refractivity contribution in [2.45, 2.75) is 45.2 Å². The van der Waals surface area contributed by atoms with E-state index in [-0.39, 0.29) is 17.5 Å². The van der Waals surface area contributed by atoms with Gasteiger partial charge in [0.1, 0.15) is 0 Å². The Morgan fingerprint density at radius 3 is 3.00 bits per heavy atom. The van der Waals surface area contributed by atoms with Gasteiger partial charge in [-0.2, -0.15) is 5.10 Å². The lowest BCUT2D eigenvalue weighted by atomic mass is 9.66. The molecule has 1 saturated heterocycles. The van der Waals surface area contributed by atoms with Gasteiger partial charge in [-0.05, 0) is 25.3 Å². The Kier molecular flexibility index (Phi) is 3.41. The van der Waals surface area contributed by atoms with Gasteiger partial charge in [-0.25, -0.2) is 4.79 Å². The highest BCUT2D eigenvalue weighted by atomic mass is 16.2. The predicted octanol–water partition coefficient (Wildman–Crippen LogP) is 0.995. The zero-order chi connectivity index (χ0) is 14.2. The van der Waals surface area contributed by atoms with Crippen molar-refractivity contribution < 1.29 is 4.79 Å². The van der Waals surface area contributed by atoms with Gasteiger partial charge in [0.05, 0.1) is 17.9 Å².